The Labute approximate surface area is 116 Å². The number of aliphatic hydroxyl groups excluding tert-OH is 1. The summed E-state index contributed by atoms with van der Waals surface area (Å²) in [5.74, 6) is 2.84. The molecule has 106 valence electrons. The van der Waals surface area contributed by atoms with Crippen molar-refractivity contribution in [1.29, 1.82) is 0 Å². The zero-order valence-electron chi connectivity index (χ0n) is 11.9. The number of hydrogen-bond acceptors (Lipinski definition) is 1. The second kappa shape index (κ2) is 8.47. The predicted octanol–water partition coefficient (Wildman–Crippen LogP) is 4.04. The van der Waals surface area contributed by atoms with Gasteiger partial charge in [0.1, 0.15) is 22.9 Å². The zero-order valence-corrected chi connectivity index (χ0v) is 12.7. The van der Waals surface area contributed by atoms with Gasteiger partial charge in [-0.15, -0.1) is 0 Å². The smallest absolute Gasteiger partial charge is 0.143 e. The first-order valence-electron chi connectivity index (χ1n) is 8.22. The number of rotatable bonds is 1. The summed E-state index contributed by atoms with van der Waals surface area (Å²) in [4.78, 5) is 0. The second-order valence-electron chi connectivity index (χ2n) is 6.16. The van der Waals surface area contributed by atoms with Gasteiger partial charge >= 0.3 is 0 Å². The van der Waals surface area contributed by atoms with Gasteiger partial charge in [0.2, 0.25) is 0 Å². The lowest BCUT2D eigenvalue weighted by molar-refractivity contribution is 0.151. The van der Waals surface area contributed by atoms with Crippen LogP contribution in [0.2, 0.25) is 0 Å². The monoisotopic (exact) mass is 271 g/mol. The first-order chi connectivity index (χ1) is 8.88. The minimum Gasteiger partial charge on any atom is -0.388 e. The minimum atomic E-state index is 0.0193. The summed E-state index contributed by atoms with van der Waals surface area (Å²) in [5.41, 5.74) is 0. The molecule has 2 unspecified atom stereocenters. The first kappa shape index (κ1) is 14.7. The molecule has 2 rings (SSSR count). The van der Waals surface area contributed by atoms with E-state index in [1.807, 2.05) is 0 Å². The van der Waals surface area contributed by atoms with Gasteiger partial charge in [0, 0.05) is 0 Å². The lowest BCUT2D eigenvalue weighted by atomic mass is 9.99. The van der Waals surface area contributed by atoms with Crippen molar-refractivity contribution in [3.8, 4) is 0 Å². The molecular formula is C16H31OS+. The average molecular weight is 271 g/mol. The molecule has 1 nitrogen and oxygen atoms in total. The molecule has 1 aliphatic heterocycles. The molecule has 0 radical (unpaired) electrons. The summed E-state index contributed by atoms with van der Waals surface area (Å²) in [6.45, 7) is 0. The molecular weight excluding hydrogens is 240 g/mol. The Kier molecular flexibility index (Phi) is 6.93. The maximum atomic E-state index is 10.5. The maximum Gasteiger partial charge on any atom is 0.143 e. The van der Waals surface area contributed by atoms with E-state index in [2.05, 4.69) is 0 Å². The van der Waals surface area contributed by atoms with E-state index in [-0.39, 0.29) is 6.10 Å². The van der Waals surface area contributed by atoms with Gasteiger partial charge in [-0.1, -0.05) is 44.9 Å². The fraction of sp³-hybridized carbons (Fsp3) is 1.00. The fourth-order valence-corrected chi connectivity index (χ4v) is 6.55. The van der Waals surface area contributed by atoms with Crippen molar-refractivity contribution >= 4 is 10.9 Å². The molecule has 0 spiro atoms. The molecule has 1 saturated heterocycles. The fourth-order valence-electron chi connectivity index (χ4n) is 3.51. The topological polar surface area (TPSA) is 20.2 Å². The number of hydrogen-bond donors (Lipinski definition) is 1. The van der Waals surface area contributed by atoms with Gasteiger partial charge in [0.05, 0.1) is 0 Å². The maximum absolute atomic E-state index is 10.5. The van der Waals surface area contributed by atoms with Crippen molar-refractivity contribution in [1.82, 2.24) is 0 Å². The minimum absolute atomic E-state index is 0.0193. The molecule has 2 fully saturated rings. The van der Waals surface area contributed by atoms with E-state index in [0.717, 1.165) is 6.42 Å². The summed E-state index contributed by atoms with van der Waals surface area (Å²) >= 11 is 0. The van der Waals surface area contributed by atoms with Crippen LogP contribution in [0.5, 0.6) is 0 Å². The highest BCUT2D eigenvalue weighted by Gasteiger charge is 2.37. The van der Waals surface area contributed by atoms with E-state index in [4.69, 9.17) is 0 Å². The van der Waals surface area contributed by atoms with E-state index in [1.54, 1.807) is 0 Å². The molecule has 1 aliphatic carbocycles. The largest absolute Gasteiger partial charge is 0.388 e. The van der Waals surface area contributed by atoms with Gasteiger partial charge in [0.15, 0.2) is 0 Å². The summed E-state index contributed by atoms with van der Waals surface area (Å²) in [5, 5.41) is 11.2. The van der Waals surface area contributed by atoms with Crippen molar-refractivity contribution in [3.05, 3.63) is 0 Å². The van der Waals surface area contributed by atoms with E-state index in [1.165, 1.54) is 82.1 Å². The highest BCUT2D eigenvalue weighted by atomic mass is 32.2. The molecule has 1 saturated carbocycles. The third-order valence-electron chi connectivity index (χ3n) is 4.66. The van der Waals surface area contributed by atoms with Crippen LogP contribution in [-0.4, -0.2) is 28.0 Å². The van der Waals surface area contributed by atoms with E-state index >= 15 is 0 Å². The van der Waals surface area contributed by atoms with Crippen LogP contribution >= 0.6 is 0 Å². The highest BCUT2D eigenvalue weighted by molar-refractivity contribution is 7.97. The second-order valence-corrected chi connectivity index (χ2v) is 8.66. The highest BCUT2D eigenvalue weighted by Crippen LogP contribution is 2.28. The summed E-state index contributed by atoms with van der Waals surface area (Å²) < 4.78 is 0. The molecule has 2 atom stereocenters. The van der Waals surface area contributed by atoms with Crippen LogP contribution in [0.15, 0.2) is 0 Å². The van der Waals surface area contributed by atoms with Crippen molar-refractivity contribution in [2.75, 3.05) is 11.5 Å². The quantitative estimate of drug-likeness (QED) is 0.714. The van der Waals surface area contributed by atoms with Crippen molar-refractivity contribution in [2.45, 2.75) is 88.4 Å². The Morgan fingerprint density at radius 2 is 1.11 bits per heavy atom. The van der Waals surface area contributed by atoms with Crippen LogP contribution in [0.1, 0.15) is 77.0 Å². The standard InChI is InChI=1S/C16H31OS/c17-15-11-7-5-3-1-2-4-6-8-12-16(15)18-13-9-10-14-18/h15-17H,1-14H2/q+1. The van der Waals surface area contributed by atoms with Gasteiger partial charge in [0.25, 0.3) is 0 Å². The van der Waals surface area contributed by atoms with Crippen LogP contribution in [0, 0.1) is 0 Å². The van der Waals surface area contributed by atoms with Gasteiger partial charge < -0.3 is 5.11 Å². The molecule has 18 heavy (non-hydrogen) atoms. The SMILES string of the molecule is OC1CCCCCCCCCCC1[S+]1CCCC1. The molecule has 2 aliphatic rings. The summed E-state index contributed by atoms with van der Waals surface area (Å²) in [7, 11) is 0.564. The van der Waals surface area contributed by atoms with Crippen LogP contribution < -0.4 is 0 Å². The third kappa shape index (κ3) is 4.77. The van der Waals surface area contributed by atoms with Crippen molar-refractivity contribution < 1.29 is 5.11 Å². The third-order valence-corrected chi connectivity index (χ3v) is 7.69. The first-order valence-corrected chi connectivity index (χ1v) is 9.85. The molecule has 0 amide bonds. The predicted molar refractivity (Wildman–Crippen MR) is 82.3 cm³/mol. The summed E-state index contributed by atoms with van der Waals surface area (Å²) in [6, 6.07) is 0. The van der Waals surface area contributed by atoms with Crippen LogP contribution in [-0.2, 0) is 10.9 Å². The Bertz CT molecular complexity index is 213. The van der Waals surface area contributed by atoms with Crippen molar-refractivity contribution in [2.24, 2.45) is 0 Å². The Hall–Kier alpha value is 0.310. The molecule has 0 aromatic carbocycles. The Morgan fingerprint density at radius 3 is 1.72 bits per heavy atom. The van der Waals surface area contributed by atoms with Gasteiger partial charge in [-0.05, 0) is 43.0 Å². The average Bonchev–Trinajstić information content (AvgIpc) is 2.87. The normalized spacial score (nSPS) is 33.8. The van der Waals surface area contributed by atoms with Crippen LogP contribution in [0.3, 0.4) is 0 Å². The molecule has 0 aromatic rings. The molecule has 2 heteroatoms. The van der Waals surface area contributed by atoms with E-state index < -0.39 is 0 Å². The van der Waals surface area contributed by atoms with Crippen LogP contribution in [0.4, 0.5) is 0 Å². The van der Waals surface area contributed by atoms with Gasteiger partial charge in [-0.3, -0.25) is 0 Å². The van der Waals surface area contributed by atoms with E-state index in [0.29, 0.717) is 16.1 Å². The lowest BCUT2D eigenvalue weighted by Gasteiger charge is -2.22. The molecule has 0 bridgehead atoms. The van der Waals surface area contributed by atoms with E-state index in [9.17, 15) is 5.11 Å². The number of aliphatic hydroxyl groups is 1. The van der Waals surface area contributed by atoms with Crippen molar-refractivity contribution in [3.63, 3.8) is 0 Å². The summed E-state index contributed by atoms with van der Waals surface area (Å²) in [6.07, 6.45) is 16.3. The molecule has 1 heterocycles. The molecule has 0 aromatic heterocycles. The van der Waals surface area contributed by atoms with Crippen LogP contribution in [0.25, 0.3) is 0 Å². The zero-order chi connectivity index (χ0) is 12.6. The molecule has 1 N–H and O–H groups in total. The Balaban J connectivity index is 1.85. The van der Waals surface area contributed by atoms with Gasteiger partial charge in [-0.25, -0.2) is 0 Å². The lowest BCUT2D eigenvalue weighted by Crippen LogP contribution is -2.35. The Morgan fingerprint density at radius 1 is 0.611 bits per heavy atom. The van der Waals surface area contributed by atoms with Gasteiger partial charge in [-0.2, -0.15) is 0 Å².